The molecular weight excluding hydrogens is 484 g/mol. The molecule has 37 heavy (non-hydrogen) atoms. The maximum atomic E-state index is 13.0. The molecule has 15 nitrogen and oxygen atoms in total. The maximum Gasteiger partial charge on any atom is 0.293 e. The zero-order chi connectivity index (χ0) is 26.4. The number of hydrogen-bond acceptors (Lipinski definition) is 12. The van der Waals surface area contributed by atoms with E-state index in [9.17, 15) is 9.59 Å². The van der Waals surface area contributed by atoms with Gasteiger partial charge in [-0.2, -0.15) is 9.78 Å². The Morgan fingerprint density at radius 2 is 2.14 bits per heavy atom. The van der Waals surface area contributed by atoms with Gasteiger partial charge in [0.05, 0.1) is 19.0 Å². The van der Waals surface area contributed by atoms with Crippen LogP contribution in [0.5, 0.6) is 11.5 Å². The number of carbonyl (C=O) groups is 2. The van der Waals surface area contributed by atoms with E-state index in [2.05, 4.69) is 43.0 Å². The van der Waals surface area contributed by atoms with Crippen LogP contribution in [-0.2, 0) is 11.3 Å². The van der Waals surface area contributed by atoms with Crippen LogP contribution in [0.4, 0.5) is 5.82 Å². The first-order chi connectivity index (χ1) is 17.9. The van der Waals surface area contributed by atoms with Crippen LogP contribution in [0.1, 0.15) is 47.9 Å². The van der Waals surface area contributed by atoms with Gasteiger partial charge in [0.2, 0.25) is 11.6 Å². The molecule has 2 aromatic heterocycles. The fourth-order valence-electron chi connectivity index (χ4n) is 3.96. The van der Waals surface area contributed by atoms with Gasteiger partial charge in [-0.05, 0) is 60.4 Å². The number of nitrogen functional groups attached to an aromatic ring is 1. The Morgan fingerprint density at radius 1 is 1.30 bits per heavy atom. The second kappa shape index (κ2) is 11.5. The number of benzene rings is 1. The summed E-state index contributed by atoms with van der Waals surface area (Å²) in [5, 5.41) is 19.6. The van der Waals surface area contributed by atoms with Crippen LogP contribution >= 0.6 is 0 Å². The molecule has 2 amide bonds. The lowest BCUT2D eigenvalue weighted by Gasteiger charge is -2.33. The van der Waals surface area contributed by atoms with E-state index in [1.54, 1.807) is 18.2 Å². The van der Waals surface area contributed by atoms with E-state index in [1.165, 1.54) is 18.0 Å². The maximum absolute atomic E-state index is 13.0. The van der Waals surface area contributed by atoms with E-state index < -0.39 is 11.8 Å². The molecular formula is C22H28N10O5. The summed E-state index contributed by atoms with van der Waals surface area (Å²) in [6.07, 6.45) is 4.69. The molecule has 3 heterocycles. The molecule has 0 bridgehead atoms. The van der Waals surface area contributed by atoms with E-state index in [4.69, 9.17) is 25.6 Å². The number of primary amides is 1. The topological polar surface area (TPSA) is 202 Å². The summed E-state index contributed by atoms with van der Waals surface area (Å²) in [5.41, 5.74) is 14.6. The molecule has 5 N–H and O–H groups in total. The van der Waals surface area contributed by atoms with Gasteiger partial charge in [-0.1, -0.05) is 11.6 Å². The van der Waals surface area contributed by atoms with Gasteiger partial charge in [0.1, 0.15) is 0 Å². The molecule has 1 aliphatic heterocycles. The summed E-state index contributed by atoms with van der Waals surface area (Å²) in [5.74, 6) is -0.275. The zero-order valence-corrected chi connectivity index (χ0v) is 20.5. The molecule has 0 radical (unpaired) electrons. The van der Waals surface area contributed by atoms with E-state index in [0.717, 1.165) is 25.8 Å². The number of nitrogens with one attached hydrogen (secondary N) is 1. The highest BCUT2D eigenvalue weighted by Gasteiger charge is 2.28. The smallest absolute Gasteiger partial charge is 0.293 e. The number of carbonyl (C=O) groups excluding carboxylic acids is 2. The predicted molar refractivity (Wildman–Crippen MR) is 130 cm³/mol. The van der Waals surface area contributed by atoms with Gasteiger partial charge in [0.25, 0.3) is 11.8 Å². The van der Waals surface area contributed by atoms with Crippen molar-refractivity contribution in [2.45, 2.75) is 38.8 Å². The fourth-order valence-corrected chi connectivity index (χ4v) is 3.96. The Hall–Kier alpha value is -4.53. The molecule has 3 aromatic rings. The standard InChI is InChI=1S/C22H28N10O5/c1-13-5-3-4-8-31(13)11-15-19(26-30-32(15)21-20(24)28-37-29-21)22(34)27-25-10-14-6-7-16(17(9-14)35-2)36-12-18(23)33/h6-7,9-10,13H,3-5,8,11-12H2,1-2H3,(H2,23,33)(H2,24,28)(H,27,34)/b25-10-. The van der Waals surface area contributed by atoms with Crippen molar-refractivity contribution < 1.29 is 23.7 Å². The van der Waals surface area contributed by atoms with Crippen LogP contribution in [-0.4, -0.2) is 74.5 Å². The van der Waals surface area contributed by atoms with Gasteiger partial charge < -0.3 is 20.9 Å². The number of ether oxygens (including phenoxy) is 2. The summed E-state index contributed by atoms with van der Waals surface area (Å²) in [6.45, 7) is 3.13. The van der Waals surface area contributed by atoms with Crippen LogP contribution in [0.25, 0.3) is 5.82 Å². The van der Waals surface area contributed by atoms with Crippen LogP contribution in [0.2, 0.25) is 0 Å². The van der Waals surface area contributed by atoms with Crippen molar-refractivity contribution in [1.29, 1.82) is 0 Å². The minimum absolute atomic E-state index is 0.0278. The number of nitrogens with zero attached hydrogens (tertiary/aromatic N) is 7. The minimum atomic E-state index is -0.607. The molecule has 1 unspecified atom stereocenters. The number of nitrogens with two attached hydrogens (primary N) is 2. The number of piperidine rings is 1. The second-order valence-corrected chi connectivity index (χ2v) is 8.45. The van der Waals surface area contributed by atoms with Crippen LogP contribution < -0.4 is 26.4 Å². The SMILES string of the molecule is COc1cc(/C=N\NC(=O)c2nnn(-c3nonc3N)c2CN2CCCCC2C)ccc1OCC(N)=O. The Balaban J connectivity index is 1.52. The first kappa shape index (κ1) is 25.6. The van der Waals surface area contributed by atoms with Gasteiger partial charge in [-0.25, -0.2) is 10.1 Å². The van der Waals surface area contributed by atoms with Crippen molar-refractivity contribution in [3.63, 3.8) is 0 Å². The zero-order valence-electron chi connectivity index (χ0n) is 20.5. The Kier molecular flexibility index (Phi) is 7.92. The number of rotatable bonds is 10. The number of methoxy groups -OCH3 is 1. The van der Waals surface area contributed by atoms with Gasteiger partial charge >= 0.3 is 0 Å². The number of hydrazone groups is 1. The summed E-state index contributed by atoms with van der Waals surface area (Å²) >= 11 is 0. The molecule has 1 atom stereocenters. The summed E-state index contributed by atoms with van der Waals surface area (Å²) in [4.78, 5) is 26.2. The molecule has 15 heteroatoms. The summed E-state index contributed by atoms with van der Waals surface area (Å²) in [7, 11) is 1.46. The lowest BCUT2D eigenvalue weighted by Crippen LogP contribution is -2.38. The first-order valence-corrected chi connectivity index (χ1v) is 11.6. The molecule has 4 rings (SSSR count). The quantitative estimate of drug-likeness (QED) is 0.248. The molecule has 0 aliphatic carbocycles. The van der Waals surface area contributed by atoms with Gasteiger partial charge in [0, 0.05) is 12.6 Å². The highest BCUT2D eigenvalue weighted by Crippen LogP contribution is 2.27. The normalized spacial score (nSPS) is 16.1. The van der Waals surface area contributed by atoms with Gasteiger partial charge in [-0.3, -0.25) is 14.5 Å². The number of anilines is 1. The van der Waals surface area contributed by atoms with E-state index >= 15 is 0 Å². The monoisotopic (exact) mass is 512 g/mol. The molecule has 0 spiro atoms. The van der Waals surface area contributed by atoms with E-state index in [1.807, 2.05) is 0 Å². The Bertz CT molecular complexity index is 1290. The van der Waals surface area contributed by atoms with Crippen molar-refractivity contribution in [3.05, 3.63) is 35.2 Å². The van der Waals surface area contributed by atoms with Crippen LogP contribution in [0.15, 0.2) is 27.9 Å². The van der Waals surface area contributed by atoms with Crippen LogP contribution in [0, 0.1) is 0 Å². The number of amides is 2. The lowest BCUT2D eigenvalue weighted by molar-refractivity contribution is -0.119. The molecule has 1 aliphatic rings. The largest absolute Gasteiger partial charge is 0.493 e. The van der Waals surface area contributed by atoms with Crippen molar-refractivity contribution >= 4 is 23.8 Å². The number of hydrogen-bond donors (Lipinski definition) is 3. The Labute approximate surface area is 211 Å². The molecule has 1 aromatic carbocycles. The van der Waals surface area contributed by atoms with Gasteiger partial charge in [-0.15, -0.1) is 5.10 Å². The average Bonchev–Trinajstić information content (AvgIpc) is 3.49. The number of aromatic nitrogens is 5. The summed E-state index contributed by atoms with van der Waals surface area (Å²) in [6, 6.07) is 5.23. The molecule has 1 saturated heterocycles. The Morgan fingerprint density at radius 3 is 2.84 bits per heavy atom. The third kappa shape index (κ3) is 6.00. The highest BCUT2D eigenvalue weighted by atomic mass is 16.6. The van der Waals surface area contributed by atoms with E-state index in [0.29, 0.717) is 35.3 Å². The lowest BCUT2D eigenvalue weighted by atomic mass is 10.0. The highest BCUT2D eigenvalue weighted by molar-refractivity contribution is 5.94. The molecule has 0 saturated carbocycles. The minimum Gasteiger partial charge on any atom is -0.493 e. The van der Waals surface area contributed by atoms with Crippen LogP contribution in [0.3, 0.4) is 0 Å². The summed E-state index contributed by atoms with van der Waals surface area (Å²) < 4.78 is 16.7. The van der Waals surface area contributed by atoms with Crippen molar-refractivity contribution in [2.24, 2.45) is 10.8 Å². The predicted octanol–water partition coefficient (Wildman–Crippen LogP) is 0.244. The van der Waals surface area contributed by atoms with E-state index in [-0.39, 0.29) is 23.9 Å². The second-order valence-electron chi connectivity index (χ2n) is 8.45. The first-order valence-electron chi connectivity index (χ1n) is 11.6. The third-order valence-electron chi connectivity index (χ3n) is 5.91. The molecule has 196 valence electrons. The van der Waals surface area contributed by atoms with Crippen molar-refractivity contribution in [1.82, 2.24) is 35.6 Å². The van der Waals surface area contributed by atoms with Crippen molar-refractivity contribution in [3.8, 4) is 17.3 Å². The van der Waals surface area contributed by atoms with Gasteiger partial charge in [0.15, 0.2) is 23.8 Å². The molecule has 1 fully saturated rings. The third-order valence-corrected chi connectivity index (χ3v) is 5.91. The van der Waals surface area contributed by atoms with Crippen molar-refractivity contribution in [2.75, 3.05) is 26.0 Å². The fraction of sp³-hybridized carbons (Fsp3) is 0.409. The number of likely N-dealkylation sites (tertiary alicyclic amines) is 1. The average molecular weight is 513 g/mol.